The van der Waals surface area contributed by atoms with E-state index in [9.17, 15) is 13.6 Å². The van der Waals surface area contributed by atoms with Crippen LogP contribution >= 0.6 is 0 Å². The maximum Gasteiger partial charge on any atom is 0.387 e. The lowest BCUT2D eigenvalue weighted by molar-refractivity contribution is -0.0497. The van der Waals surface area contributed by atoms with Crippen LogP contribution < -0.4 is 4.74 Å². The fraction of sp³-hybridized carbons (Fsp3) is 0.125. The summed E-state index contributed by atoms with van der Waals surface area (Å²) >= 11 is 0. The molecule has 4 aromatic rings. The Labute approximate surface area is 172 Å². The van der Waals surface area contributed by atoms with Crippen LogP contribution in [0.3, 0.4) is 0 Å². The van der Waals surface area contributed by atoms with E-state index in [0.717, 1.165) is 27.7 Å². The second-order valence-corrected chi connectivity index (χ2v) is 6.77. The van der Waals surface area contributed by atoms with Gasteiger partial charge in [0.1, 0.15) is 5.75 Å². The Hall–Kier alpha value is -3.67. The first kappa shape index (κ1) is 19.6. The summed E-state index contributed by atoms with van der Waals surface area (Å²) < 4.78 is 36.7. The number of alkyl halides is 2. The van der Waals surface area contributed by atoms with Crippen molar-refractivity contribution < 1.29 is 23.0 Å². The predicted octanol–water partition coefficient (Wildman–Crippen LogP) is 5.74. The van der Waals surface area contributed by atoms with Gasteiger partial charge in [-0.25, -0.2) is 4.79 Å². The van der Waals surface area contributed by atoms with E-state index >= 15 is 0 Å². The molecule has 0 atom stereocenters. The molecule has 1 heterocycles. The third-order valence-corrected chi connectivity index (χ3v) is 4.86. The first-order valence-corrected chi connectivity index (χ1v) is 9.36. The lowest BCUT2D eigenvalue weighted by Crippen LogP contribution is -2.05. The zero-order valence-corrected chi connectivity index (χ0v) is 16.2. The molecule has 0 unspecified atom stereocenters. The Morgan fingerprint density at radius 2 is 1.77 bits per heavy atom. The molecule has 4 nitrogen and oxygen atoms in total. The van der Waals surface area contributed by atoms with Crippen molar-refractivity contribution in [2.75, 3.05) is 7.11 Å². The summed E-state index contributed by atoms with van der Waals surface area (Å²) in [6.45, 7) is -2.38. The Balaban J connectivity index is 1.81. The van der Waals surface area contributed by atoms with Gasteiger partial charge in [0.15, 0.2) is 0 Å². The van der Waals surface area contributed by atoms with E-state index in [1.165, 1.54) is 13.2 Å². The molecule has 0 bridgehead atoms. The normalized spacial score (nSPS) is 11.1. The van der Waals surface area contributed by atoms with Crippen molar-refractivity contribution in [3.63, 3.8) is 0 Å². The summed E-state index contributed by atoms with van der Waals surface area (Å²) in [6, 6.07) is 23.9. The van der Waals surface area contributed by atoms with Crippen LogP contribution in [0, 0.1) is 0 Å². The van der Waals surface area contributed by atoms with Crippen molar-refractivity contribution in [1.29, 1.82) is 0 Å². The molecule has 1 aromatic heterocycles. The van der Waals surface area contributed by atoms with Gasteiger partial charge in [-0.1, -0.05) is 42.5 Å². The van der Waals surface area contributed by atoms with Crippen molar-refractivity contribution in [2.45, 2.75) is 13.2 Å². The largest absolute Gasteiger partial charge is 0.465 e. The molecule has 0 N–H and O–H groups in total. The number of fused-ring (bicyclic) bond motifs is 1. The number of carbonyl (C=O) groups excluding carboxylic acids is 1. The molecule has 0 radical (unpaired) electrons. The second kappa shape index (κ2) is 8.37. The summed E-state index contributed by atoms with van der Waals surface area (Å²) in [6.07, 6.45) is 0. The number of carbonyl (C=O) groups is 1. The Bertz CT molecular complexity index is 1190. The van der Waals surface area contributed by atoms with Crippen LogP contribution in [-0.4, -0.2) is 24.3 Å². The molecule has 0 saturated carbocycles. The fourth-order valence-corrected chi connectivity index (χ4v) is 3.54. The molecule has 3 aromatic carbocycles. The quantitative estimate of drug-likeness (QED) is 0.383. The first-order chi connectivity index (χ1) is 14.5. The van der Waals surface area contributed by atoms with E-state index in [1.54, 1.807) is 24.3 Å². The van der Waals surface area contributed by atoms with Crippen molar-refractivity contribution in [3.05, 3.63) is 90.0 Å². The molecule has 0 fully saturated rings. The monoisotopic (exact) mass is 407 g/mol. The van der Waals surface area contributed by atoms with Crippen molar-refractivity contribution in [3.8, 4) is 17.0 Å². The van der Waals surface area contributed by atoms with Gasteiger partial charge in [-0.3, -0.25) is 0 Å². The number of benzene rings is 3. The number of hydrogen-bond donors (Lipinski definition) is 0. The van der Waals surface area contributed by atoms with E-state index in [-0.39, 0.29) is 5.75 Å². The summed E-state index contributed by atoms with van der Waals surface area (Å²) in [7, 11) is 1.35. The van der Waals surface area contributed by atoms with E-state index in [2.05, 4.69) is 9.30 Å². The molecular formula is C24H19F2NO3. The fourth-order valence-electron chi connectivity index (χ4n) is 3.54. The van der Waals surface area contributed by atoms with E-state index in [0.29, 0.717) is 12.1 Å². The number of esters is 1. The van der Waals surface area contributed by atoms with Gasteiger partial charge in [-0.15, -0.1) is 0 Å². The number of ether oxygens (including phenoxy) is 2. The summed E-state index contributed by atoms with van der Waals surface area (Å²) in [5.74, 6) is -0.284. The smallest absolute Gasteiger partial charge is 0.387 e. The van der Waals surface area contributed by atoms with Gasteiger partial charge in [0.2, 0.25) is 0 Å². The summed E-state index contributed by atoms with van der Waals surface area (Å²) in [5.41, 5.74) is 4.19. The van der Waals surface area contributed by atoms with Crippen molar-refractivity contribution >= 4 is 16.9 Å². The standard InChI is InChI=1S/C24H19F2NO3/c1-29-23(28)18-9-5-6-16(12-18)15-27-21-11-10-20(30-24(25)26)13-19(21)14-22(27)17-7-3-2-4-8-17/h2-14,24H,15H2,1H3. The minimum atomic E-state index is -2.88. The Morgan fingerprint density at radius 3 is 2.50 bits per heavy atom. The molecule has 6 heteroatoms. The topological polar surface area (TPSA) is 40.5 Å². The van der Waals surface area contributed by atoms with Crippen LogP contribution in [0.25, 0.3) is 22.2 Å². The van der Waals surface area contributed by atoms with Gasteiger partial charge in [-0.05, 0) is 47.5 Å². The molecule has 0 saturated heterocycles. The van der Waals surface area contributed by atoms with Crippen LogP contribution in [0.1, 0.15) is 15.9 Å². The highest BCUT2D eigenvalue weighted by Crippen LogP contribution is 2.32. The van der Waals surface area contributed by atoms with Crippen LogP contribution in [0.4, 0.5) is 8.78 Å². The number of rotatable bonds is 6. The molecule has 0 spiro atoms. The van der Waals surface area contributed by atoms with Gasteiger partial charge >= 0.3 is 12.6 Å². The molecule has 4 rings (SSSR count). The summed E-state index contributed by atoms with van der Waals surface area (Å²) in [4.78, 5) is 11.9. The average molecular weight is 407 g/mol. The Kier molecular flexibility index (Phi) is 5.48. The highest BCUT2D eigenvalue weighted by molar-refractivity contribution is 5.90. The third-order valence-electron chi connectivity index (χ3n) is 4.86. The van der Waals surface area contributed by atoms with Crippen LogP contribution in [0.2, 0.25) is 0 Å². The van der Waals surface area contributed by atoms with Gasteiger partial charge < -0.3 is 14.0 Å². The van der Waals surface area contributed by atoms with Gasteiger partial charge in [0.05, 0.1) is 12.7 Å². The van der Waals surface area contributed by atoms with Crippen molar-refractivity contribution in [1.82, 2.24) is 4.57 Å². The van der Waals surface area contributed by atoms with Gasteiger partial charge in [-0.2, -0.15) is 8.78 Å². The molecular weight excluding hydrogens is 388 g/mol. The molecule has 30 heavy (non-hydrogen) atoms. The predicted molar refractivity (Wildman–Crippen MR) is 111 cm³/mol. The maximum absolute atomic E-state index is 12.6. The number of nitrogens with zero attached hydrogens (tertiary/aromatic N) is 1. The minimum Gasteiger partial charge on any atom is -0.465 e. The zero-order valence-electron chi connectivity index (χ0n) is 16.2. The van der Waals surface area contributed by atoms with E-state index in [4.69, 9.17) is 4.74 Å². The number of methoxy groups -OCH3 is 1. The second-order valence-electron chi connectivity index (χ2n) is 6.77. The molecule has 0 aliphatic heterocycles. The summed E-state index contributed by atoms with van der Waals surface area (Å²) in [5, 5.41) is 0.788. The minimum absolute atomic E-state index is 0.113. The lowest BCUT2D eigenvalue weighted by atomic mass is 10.1. The molecule has 0 aliphatic rings. The Morgan fingerprint density at radius 1 is 0.967 bits per heavy atom. The molecule has 0 aliphatic carbocycles. The number of halogens is 2. The van der Waals surface area contributed by atoms with Gasteiger partial charge in [0.25, 0.3) is 0 Å². The number of hydrogen-bond acceptors (Lipinski definition) is 3. The van der Waals surface area contributed by atoms with E-state index in [1.807, 2.05) is 48.5 Å². The van der Waals surface area contributed by atoms with Crippen molar-refractivity contribution in [2.24, 2.45) is 0 Å². The maximum atomic E-state index is 12.6. The zero-order chi connectivity index (χ0) is 21.1. The van der Waals surface area contributed by atoms with Gasteiger partial charge in [0, 0.05) is 23.1 Å². The lowest BCUT2D eigenvalue weighted by Gasteiger charge is -2.12. The SMILES string of the molecule is COC(=O)c1cccc(Cn2c(-c3ccccc3)cc3cc(OC(F)F)ccc32)c1. The average Bonchev–Trinajstić information content (AvgIpc) is 3.11. The van der Waals surface area contributed by atoms with Crippen LogP contribution in [0.5, 0.6) is 5.75 Å². The van der Waals surface area contributed by atoms with Crippen LogP contribution in [0.15, 0.2) is 78.9 Å². The van der Waals surface area contributed by atoms with E-state index < -0.39 is 12.6 Å². The molecule has 0 amide bonds. The number of aromatic nitrogens is 1. The molecule has 152 valence electrons. The first-order valence-electron chi connectivity index (χ1n) is 9.36. The van der Waals surface area contributed by atoms with Crippen LogP contribution in [-0.2, 0) is 11.3 Å². The highest BCUT2D eigenvalue weighted by Gasteiger charge is 2.14. The third kappa shape index (κ3) is 4.03. The highest BCUT2D eigenvalue weighted by atomic mass is 19.3.